The third-order valence-electron chi connectivity index (χ3n) is 23.1. The minimum Gasteiger partial charge on any atom is -0.309 e. The minimum atomic E-state index is 0.850. The molecule has 24 aromatic rings. The van der Waals surface area contributed by atoms with Crippen molar-refractivity contribution in [3.8, 4) is 67.5 Å². The Hall–Kier alpha value is -15.1. The molecule has 0 fully saturated rings. The van der Waals surface area contributed by atoms with E-state index in [0.29, 0.717) is 0 Å². The van der Waals surface area contributed by atoms with E-state index in [9.17, 15) is 0 Å². The van der Waals surface area contributed by atoms with Crippen molar-refractivity contribution in [3.05, 3.63) is 389 Å². The standard InChI is InChI=1S/2C52H32N4/c1-2-14-36(15-3-1)55-47-23-10-8-19-40(47)42-27-25-33(30-49(42)55)34-26-28-43-41-20-9-11-24-48(41)56(50(43)31-34)37-16-12-13-35(29-37)46-32-53-51-44-21-6-4-17-38(44)39-18-5-7-22-45(39)52(51)54-46;1-2-13-35(14-3-1)56-46-22-10-8-17-40(46)41-30-27-34(31-49(41)56)37-21-12-24-48-50(37)44-20-9-11-23-47(44)55(48)36-28-25-33(26-29-36)45-32-53-51-42-18-6-4-15-38(42)39-16-5-7-19-43(39)52(51)54-45/h2*1-32H. The molecule has 0 unspecified atom stereocenters. The average molecular weight is 1430 g/mol. The molecule has 8 nitrogen and oxygen atoms in total. The molecule has 6 aromatic heterocycles. The monoisotopic (exact) mass is 1420 g/mol. The average Bonchev–Trinajstić information content (AvgIpc) is 0.798. The molecule has 0 radical (unpaired) electrons. The van der Waals surface area contributed by atoms with Crippen LogP contribution in [-0.2, 0) is 0 Å². The summed E-state index contributed by atoms with van der Waals surface area (Å²) in [4.78, 5) is 20.6. The summed E-state index contributed by atoms with van der Waals surface area (Å²) in [6.45, 7) is 0. The van der Waals surface area contributed by atoms with Gasteiger partial charge in [-0.25, -0.2) is 9.97 Å². The predicted molar refractivity (Wildman–Crippen MR) is 468 cm³/mol. The number of fused-ring (bicyclic) bond motifs is 24. The summed E-state index contributed by atoms with van der Waals surface area (Å²) in [5, 5.41) is 19.2. The normalized spacial score (nSPS) is 11.9. The van der Waals surface area contributed by atoms with Crippen molar-refractivity contribution in [2.75, 3.05) is 0 Å². The van der Waals surface area contributed by atoms with Crippen LogP contribution in [0.1, 0.15) is 0 Å². The number of aromatic nitrogens is 8. The number of hydrogen-bond acceptors (Lipinski definition) is 4. The Morgan fingerprint density at radius 1 is 0.170 bits per heavy atom. The lowest BCUT2D eigenvalue weighted by molar-refractivity contribution is 1.18. The molecule has 0 aliphatic heterocycles. The van der Waals surface area contributed by atoms with Gasteiger partial charge >= 0.3 is 0 Å². The van der Waals surface area contributed by atoms with Gasteiger partial charge in [-0.1, -0.05) is 279 Å². The first-order chi connectivity index (χ1) is 55.6. The van der Waals surface area contributed by atoms with E-state index in [0.717, 1.165) is 94.4 Å². The van der Waals surface area contributed by atoms with Gasteiger partial charge in [0.05, 0.1) is 90.0 Å². The van der Waals surface area contributed by atoms with Crippen LogP contribution in [0.3, 0.4) is 0 Å². The first kappa shape index (κ1) is 63.0. The van der Waals surface area contributed by atoms with E-state index in [-0.39, 0.29) is 0 Å². The van der Waals surface area contributed by atoms with Crippen molar-refractivity contribution >= 4 is 152 Å². The Bertz CT molecular complexity index is 7930. The van der Waals surface area contributed by atoms with E-state index >= 15 is 0 Å². The minimum absolute atomic E-state index is 0.850. The molecular formula is C104H64N8. The van der Waals surface area contributed by atoms with E-state index in [2.05, 4.69) is 394 Å². The van der Waals surface area contributed by atoms with Crippen molar-refractivity contribution in [2.45, 2.75) is 0 Å². The van der Waals surface area contributed by atoms with Gasteiger partial charge in [0.1, 0.15) is 0 Å². The molecule has 0 aliphatic carbocycles. The summed E-state index contributed by atoms with van der Waals surface area (Å²) in [6.07, 6.45) is 3.84. The van der Waals surface area contributed by atoms with Crippen molar-refractivity contribution in [2.24, 2.45) is 0 Å². The molecule has 112 heavy (non-hydrogen) atoms. The second kappa shape index (κ2) is 25.3. The first-order valence-electron chi connectivity index (χ1n) is 38.2. The lowest BCUT2D eigenvalue weighted by Crippen LogP contribution is -1.96. The van der Waals surface area contributed by atoms with Crippen LogP contribution in [0.5, 0.6) is 0 Å². The summed E-state index contributed by atoms with van der Waals surface area (Å²) >= 11 is 0. The highest BCUT2D eigenvalue weighted by Gasteiger charge is 2.23. The van der Waals surface area contributed by atoms with E-state index < -0.39 is 0 Å². The maximum atomic E-state index is 5.32. The number of hydrogen-bond donors (Lipinski definition) is 0. The van der Waals surface area contributed by atoms with E-state index in [4.69, 9.17) is 19.9 Å². The second-order valence-electron chi connectivity index (χ2n) is 29.2. The zero-order valence-corrected chi connectivity index (χ0v) is 60.5. The number of nitrogens with zero attached hydrogens (tertiary/aromatic N) is 8. The topological polar surface area (TPSA) is 71.3 Å². The Labute approximate surface area is 642 Å². The summed E-state index contributed by atoms with van der Waals surface area (Å²) in [5.74, 6) is 0. The second-order valence-corrected chi connectivity index (χ2v) is 29.2. The van der Waals surface area contributed by atoms with Gasteiger partial charge in [-0.2, -0.15) is 0 Å². The lowest BCUT2D eigenvalue weighted by Gasteiger charge is -2.13. The highest BCUT2D eigenvalue weighted by Crippen LogP contribution is 2.45. The molecule has 18 aromatic carbocycles. The molecule has 24 rings (SSSR count). The molecule has 0 spiro atoms. The van der Waals surface area contributed by atoms with Crippen molar-refractivity contribution < 1.29 is 0 Å². The summed E-state index contributed by atoms with van der Waals surface area (Å²) in [5.41, 5.74) is 26.2. The molecule has 0 N–H and O–H groups in total. The quantitative estimate of drug-likeness (QED) is 0.142. The molecule has 0 aliphatic rings. The third kappa shape index (κ3) is 9.82. The molecule has 0 saturated carbocycles. The van der Waals surface area contributed by atoms with Crippen LogP contribution in [0.4, 0.5) is 0 Å². The molecule has 6 heterocycles. The molecule has 520 valence electrons. The van der Waals surface area contributed by atoms with Crippen molar-refractivity contribution in [1.29, 1.82) is 0 Å². The Morgan fingerprint density at radius 2 is 0.482 bits per heavy atom. The van der Waals surface area contributed by atoms with Gasteiger partial charge in [-0.05, 0) is 141 Å². The predicted octanol–water partition coefficient (Wildman–Crippen LogP) is 26.9. The van der Waals surface area contributed by atoms with Crippen molar-refractivity contribution in [3.63, 3.8) is 0 Å². The Morgan fingerprint density at radius 3 is 0.955 bits per heavy atom. The SMILES string of the molecule is c1ccc(-n2c3ccccc3c3ccc(-c4ccc5c6ccccc6n(-c6cccc(-c7cnc8c9ccccc9c9ccccc9c8n7)c6)c5c4)cc32)cc1.c1ccc(-n2c3ccccc3c3ccc(-c4cccc5c4c4ccccc4n5-c4ccc(-c5cnc6c7ccccc7c7ccccc7c6n5)cc4)cc32)cc1. The molecule has 0 bridgehead atoms. The van der Waals surface area contributed by atoms with Crippen LogP contribution in [0.2, 0.25) is 0 Å². The third-order valence-corrected chi connectivity index (χ3v) is 23.1. The first-order valence-corrected chi connectivity index (χ1v) is 38.2. The van der Waals surface area contributed by atoms with Crippen LogP contribution in [0.15, 0.2) is 389 Å². The largest absolute Gasteiger partial charge is 0.309 e. The zero-order chi connectivity index (χ0) is 73.5. The van der Waals surface area contributed by atoms with Gasteiger partial charge in [0.2, 0.25) is 0 Å². The fourth-order valence-electron chi connectivity index (χ4n) is 18.1. The summed E-state index contributed by atoms with van der Waals surface area (Å²) in [6, 6.07) is 135. The molecule has 0 saturated heterocycles. The molecule has 0 amide bonds. The summed E-state index contributed by atoms with van der Waals surface area (Å²) in [7, 11) is 0. The van der Waals surface area contributed by atoms with Gasteiger partial charge in [0.25, 0.3) is 0 Å². The van der Waals surface area contributed by atoms with Crippen LogP contribution in [-0.4, -0.2) is 38.2 Å². The Kier molecular flexibility index (Phi) is 14.2. The highest BCUT2D eigenvalue weighted by atomic mass is 15.0. The highest BCUT2D eigenvalue weighted by molar-refractivity contribution is 6.25. The molecule has 8 heteroatoms. The van der Waals surface area contributed by atoms with Gasteiger partial charge in [0.15, 0.2) is 0 Å². The van der Waals surface area contributed by atoms with Crippen LogP contribution in [0.25, 0.3) is 220 Å². The van der Waals surface area contributed by atoms with Gasteiger partial charge in [-0.15, -0.1) is 0 Å². The summed E-state index contributed by atoms with van der Waals surface area (Å²) < 4.78 is 9.57. The van der Waals surface area contributed by atoms with Crippen molar-refractivity contribution in [1.82, 2.24) is 38.2 Å². The maximum Gasteiger partial charge on any atom is 0.0979 e. The van der Waals surface area contributed by atoms with Crippen LogP contribution >= 0.6 is 0 Å². The maximum absolute atomic E-state index is 5.32. The molecule has 0 atom stereocenters. The van der Waals surface area contributed by atoms with E-state index in [1.165, 1.54) is 126 Å². The zero-order valence-electron chi connectivity index (χ0n) is 60.5. The number of para-hydroxylation sites is 6. The lowest BCUT2D eigenvalue weighted by atomic mass is 9.98. The molecular weight excluding hydrogens is 1360 g/mol. The number of benzene rings is 18. The van der Waals surface area contributed by atoms with Crippen LogP contribution < -0.4 is 0 Å². The van der Waals surface area contributed by atoms with Gasteiger partial charge in [-0.3, -0.25) is 9.97 Å². The Balaban J connectivity index is 0.000000134. The smallest absolute Gasteiger partial charge is 0.0979 e. The van der Waals surface area contributed by atoms with Gasteiger partial charge in [0, 0.05) is 98.5 Å². The van der Waals surface area contributed by atoms with Gasteiger partial charge < -0.3 is 18.3 Å². The van der Waals surface area contributed by atoms with E-state index in [1.807, 2.05) is 12.4 Å². The van der Waals surface area contributed by atoms with Crippen LogP contribution in [0, 0.1) is 0 Å². The number of rotatable bonds is 8. The van der Waals surface area contributed by atoms with E-state index in [1.54, 1.807) is 0 Å². The fraction of sp³-hybridized carbons (Fsp3) is 0. The fourth-order valence-corrected chi connectivity index (χ4v) is 18.1.